The van der Waals surface area contributed by atoms with E-state index >= 15 is 0 Å². The number of imidazole rings is 1. The number of nitrogen functional groups attached to an aromatic ring is 2. The van der Waals surface area contributed by atoms with E-state index < -0.39 is 18.4 Å². The number of hydrogen-bond acceptors (Lipinski definition) is 7. The summed E-state index contributed by atoms with van der Waals surface area (Å²) in [4.78, 5) is 14.4. The number of aryl methyl sites for hydroxylation is 2. The van der Waals surface area contributed by atoms with Gasteiger partial charge in [0.15, 0.2) is 17.3 Å². The fraction of sp³-hybridized carbons (Fsp3) is 0.429. The molecule has 0 radical (unpaired) electrons. The standard InChI is InChI=1S/C15H14F2N8.C6H11F2N/c1-7-20-10-3-2-9(21-14(10)24(7)5-4-16)11-8(17)6-25-12(11)13(18)22-15(19)23-25;1-9-4-2-3-6(7,8)5-9/h2-3,6H,4-5H2,1H3,(H4,18,19,22,23);2-5H2,1H3. The van der Waals surface area contributed by atoms with Crippen molar-refractivity contribution in [3.8, 4) is 11.3 Å². The highest BCUT2D eigenvalue weighted by Gasteiger charge is 2.33. The number of nitrogens with zero attached hydrogens (tertiary/aromatic N) is 7. The Morgan fingerprint density at radius 3 is 2.56 bits per heavy atom. The lowest BCUT2D eigenvalue weighted by molar-refractivity contribution is -0.0571. The predicted octanol–water partition coefficient (Wildman–Crippen LogP) is 3.07. The summed E-state index contributed by atoms with van der Waals surface area (Å²) in [5.41, 5.74) is 13.3. The maximum Gasteiger partial charge on any atom is 0.260 e. The Balaban J connectivity index is 0.000000257. The van der Waals surface area contributed by atoms with Crippen molar-refractivity contribution >= 4 is 28.4 Å². The van der Waals surface area contributed by atoms with Crippen molar-refractivity contribution in [1.82, 2.24) is 34.0 Å². The largest absolute Gasteiger partial charge is 0.382 e. The Hall–Kier alpha value is -3.48. The van der Waals surface area contributed by atoms with Gasteiger partial charge in [-0.2, -0.15) is 4.98 Å². The Labute approximate surface area is 192 Å². The monoisotopic (exact) mass is 479 g/mol. The quantitative estimate of drug-likeness (QED) is 0.434. The van der Waals surface area contributed by atoms with E-state index in [-0.39, 0.29) is 42.4 Å². The lowest BCUT2D eigenvalue weighted by Gasteiger charge is -2.28. The molecule has 34 heavy (non-hydrogen) atoms. The minimum Gasteiger partial charge on any atom is -0.382 e. The molecule has 0 amide bonds. The number of pyridine rings is 1. The fourth-order valence-electron chi connectivity index (χ4n) is 4.11. The van der Waals surface area contributed by atoms with Gasteiger partial charge < -0.3 is 20.9 Å². The van der Waals surface area contributed by atoms with E-state index in [2.05, 4.69) is 20.1 Å². The number of nitrogens with two attached hydrogens (primary N) is 2. The molecule has 0 aromatic carbocycles. The van der Waals surface area contributed by atoms with Gasteiger partial charge in [-0.3, -0.25) is 0 Å². The van der Waals surface area contributed by atoms with E-state index in [1.54, 1.807) is 35.6 Å². The molecule has 1 aliphatic rings. The molecule has 5 heterocycles. The highest BCUT2D eigenvalue weighted by atomic mass is 19.3. The van der Waals surface area contributed by atoms with Crippen LogP contribution in [0.3, 0.4) is 0 Å². The van der Waals surface area contributed by atoms with Crippen molar-refractivity contribution in [3.63, 3.8) is 0 Å². The first kappa shape index (κ1) is 23.7. The van der Waals surface area contributed by atoms with Crippen LogP contribution < -0.4 is 11.5 Å². The van der Waals surface area contributed by atoms with Crippen LogP contribution in [0, 0.1) is 12.7 Å². The zero-order chi connectivity index (χ0) is 24.6. The molecule has 1 aliphatic heterocycles. The van der Waals surface area contributed by atoms with E-state index in [1.807, 2.05) is 0 Å². The summed E-state index contributed by atoms with van der Waals surface area (Å²) in [5.74, 6) is -2.37. The molecule has 1 fully saturated rings. The molecular formula is C21H25F4N9. The van der Waals surface area contributed by atoms with Gasteiger partial charge in [0.25, 0.3) is 5.92 Å². The molecule has 0 bridgehead atoms. The highest BCUT2D eigenvalue weighted by molar-refractivity contribution is 5.88. The van der Waals surface area contributed by atoms with E-state index in [4.69, 9.17) is 11.5 Å². The van der Waals surface area contributed by atoms with Gasteiger partial charge in [-0.1, -0.05) is 0 Å². The van der Waals surface area contributed by atoms with Gasteiger partial charge in [-0.05, 0) is 39.1 Å². The lowest BCUT2D eigenvalue weighted by Crippen LogP contribution is -2.39. The summed E-state index contributed by atoms with van der Waals surface area (Å²) < 4.78 is 55.1. The second kappa shape index (κ2) is 9.05. The number of piperidine rings is 1. The number of likely N-dealkylation sites (tertiary alicyclic amines) is 1. The van der Waals surface area contributed by atoms with Crippen molar-refractivity contribution in [1.29, 1.82) is 0 Å². The average Bonchev–Trinajstić information content (AvgIpc) is 3.23. The van der Waals surface area contributed by atoms with Crippen molar-refractivity contribution in [2.24, 2.45) is 0 Å². The number of fused-ring (bicyclic) bond motifs is 2. The van der Waals surface area contributed by atoms with E-state index in [1.165, 1.54) is 4.52 Å². The highest BCUT2D eigenvalue weighted by Crippen LogP contribution is 2.31. The number of halogens is 4. The number of anilines is 2. The molecule has 1 saturated heterocycles. The Morgan fingerprint density at radius 1 is 1.15 bits per heavy atom. The van der Waals surface area contributed by atoms with E-state index in [9.17, 15) is 17.6 Å². The van der Waals surface area contributed by atoms with Gasteiger partial charge >= 0.3 is 0 Å². The number of hydrogen-bond donors (Lipinski definition) is 2. The van der Waals surface area contributed by atoms with Crippen LogP contribution in [-0.4, -0.2) is 66.8 Å². The molecule has 0 spiro atoms. The van der Waals surface area contributed by atoms with Gasteiger partial charge in [0.2, 0.25) is 5.95 Å². The predicted molar refractivity (Wildman–Crippen MR) is 121 cm³/mol. The van der Waals surface area contributed by atoms with Crippen molar-refractivity contribution < 1.29 is 17.6 Å². The minimum atomic E-state index is -2.42. The third kappa shape index (κ3) is 4.60. The molecule has 0 aliphatic carbocycles. The molecule has 13 heteroatoms. The van der Waals surface area contributed by atoms with Gasteiger partial charge in [0.05, 0.1) is 30.5 Å². The second-order valence-electron chi connectivity index (χ2n) is 8.24. The number of aromatic nitrogens is 6. The zero-order valence-electron chi connectivity index (χ0n) is 18.8. The molecule has 4 aromatic heterocycles. The minimum absolute atomic E-state index is 0.0433. The first-order valence-corrected chi connectivity index (χ1v) is 10.7. The summed E-state index contributed by atoms with van der Waals surface area (Å²) >= 11 is 0. The SMILES string of the molecule is CN1CCCC(F)(F)C1.Cc1nc2ccc(-c3c(F)cn4nc(N)nc(N)c34)nc2n1CCF. The first-order valence-electron chi connectivity index (χ1n) is 10.7. The van der Waals surface area contributed by atoms with Gasteiger partial charge in [-0.25, -0.2) is 32.0 Å². The maximum absolute atomic E-state index is 14.5. The molecule has 0 atom stereocenters. The van der Waals surface area contributed by atoms with Gasteiger partial charge in [-0.15, -0.1) is 5.10 Å². The second-order valence-corrected chi connectivity index (χ2v) is 8.24. The summed E-state index contributed by atoms with van der Waals surface area (Å²) in [7, 11) is 1.73. The molecular weight excluding hydrogens is 454 g/mol. The van der Waals surface area contributed by atoms with Crippen LogP contribution in [0.4, 0.5) is 29.3 Å². The molecule has 4 N–H and O–H groups in total. The summed E-state index contributed by atoms with van der Waals surface area (Å²) in [6.45, 7) is 2.09. The summed E-state index contributed by atoms with van der Waals surface area (Å²) in [5, 5.41) is 3.93. The molecule has 182 valence electrons. The van der Waals surface area contributed by atoms with Crippen LogP contribution in [0.5, 0.6) is 0 Å². The van der Waals surface area contributed by atoms with Crippen molar-refractivity contribution in [2.75, 3.05) is 38.3 Å². The van der Waals surface area contributed by atoms with Crippen molar-refractivity contribution in [3.05, 3.63) is 30.0 Å². The Morgan fingerprint density at radius 2 is 1.91 bits per heavy atom. The van der Waals surface area contributed by atoms with Gasteiger partial charge in [0, 0.05) is 6.42 Å². The van der Waals surface area contributed by atoms with Crippen LogP contribution in [0.1, 0.15) is 18.7 Å². The third-order valence-electron chi connectivity index (χ3n) is 5.56. The smallest absolute Gasteiger partial charge is 0.260 e. The van der Waals surface area contributed by atoms with Crippen LogP contribution in [0.15, 0.2) is 18.3 Å². The average molecular weight is 479 g/mol. The topological polar surface area (TPSA) is 116 Å². The first-order chi connectivity index (χ1) is 16.1. The van der Waals surface area contributed by atoms with Crippen molar-refractivity contribution in [2.45, 2.75) is 32.2 Å². The molecule has 0 unspecified atom stereocenters. The van der Waals surface area contributed by atoms with Crippen LogP contribution in [-0.2, 0) is 6.54 Å². The van der Waals surface area contributed by atoms with Crippen LogP contribution >= 0.6 is 0 Å². The van der Waals surface area contributed by atoms with Crippen LogP contribution in [0.2, 0.25) is 0 Å². The summed E-state index contributed by atoms with van der Waals surface area (Å²) in [6, 6.07) is 3.33. The fourth-order valence-corrected chi connectivity index (χ4v) is 4.11. The van der Waals surface area contributed by atoms with Gasteiger partial charge in [0.1, 0.15) is 23.5 Å². The summed E-state index contributed by atoms with van der Waals surface area (Å²) in [6.07, 6.45) is 1.86. The maximum atomic E-state index is 14.5. The third-order valence-corrected chi connectivity index (χ3v) is 5.56. The molecule has 0 saturated carbocycles. The molecule has 9 nitrogen and oxygen atoms in total. The van der Waals surface area contributed by atoms with Crippen LogP contribution in [0.25, 0.3) is 27.9 Å². The normalized spacial score (nSPS) is 16.1. The molecule has 4 aromatic rings. The Kier molecular flexibility index (Phi) is 6.30. The zero-order valence-corrected chi connectivity index (χ0v) is 18.8. The lowest BCUT2D eigenvalue weighted by atomic mass is 10.1. The Bertz CT molecular complexity index is 1330. The number of alkyl halides is 3. The van der Waals surface area contributed by atoms with E-state index in [0.29, 0.717) is 29.1 Å². The van der Waals surface area contributed by atoms with E-state index in [0.717, 1.165) is 12.7 Å². The molecule has 5 rings (SSSR count). The number of rotatable bonds is 3.